The molecular weight excluding hydrogens is 456 g/mol. The van der Waals surface area contributed by atoms with E-state index in [0.717, 1.165) is 12.0 Å². The van der Waals surface area contributed by atoms with Crippen molar-refractivity contribution in [1.82, 2.24) is 10.2 Å². The molecule has 34 heavy (non-hydrogen) atoms. The number of hydrogen-bond acceptors (Lipinski definition) is 11. The van der Waals surface area contributed by atoms with Gasteiger partial charge in [0.15, 0.2) is 6.29 Å². The fraction of sp³-hybridized carbons (Fsp3) is 0.800. The van der Waals surface area contributed by atoms with Gasteiger partial charge in [0.2, 0.25) is 17.7 Å². The summed E-state index contributed by atoms with van der Waals surface area (Å²) in [7, 11) is 1.13. The molecule has 196 valence electrons. The van der Waals surface area contributed by atoms with E-state index in [1.807, 2.05) is 0 Å². The van der Waals surface area contributed by atoms with Crippen LogP contribution in [0.15, 0.2) is 0 Å². The van der Waals surface area contributed by atoms with E-state index in [2.05, 4.69) is 5.32 Å². The Morgan fingerprint density at radius 2 is 1.82 bits per heavy atom. The van der Waals surface area contributed by atoms with E-state index >= 15 is 0 Å². The fourth-order valence-corrected chi connectivity index (χ4v) is 3.67. The highest BCUT2D eigenvalue weighted by atomic mass is 16.6. The number of nitrogens with two attached hydrogens (primary N) is 2. The van der Waals surface area contributed by atoms with Crippen molar-refractivity contribution in [3.05, 3.63) is 0 Å². The van der Waals surface area contributed by atoms with Gasteiger partial charge >= 0.3 is 5.97 Å². The molecule has 1 aliphatic rings. The molecule has 8 atom stereocenters. The number of methoxy groups -OCH3 is 1. The van der Waals surface area contributed by atoms with Gasteiger partial charge in [-0.3, -0.25) is 14.4 Å². The van der Waals surface area contributed by atoms with Crippen LogP contribution in [0.5, 0.6) is 0 Å². The number of primary amides is 1. The molecule has 1 unspecified atom stereocenters. The minimum atomic E-state index is -1.60. The van der Waals surface area contributed by atoms with Crippen LogP contribution in [0.1, 0.15) is 33.6 Å². The van der Waals surface area contributed by atoms with E-state index in [1.54, 1.807) is 0 Å². The summed E-state index contributed by atoms with van der Waals surface area (Å²) >= 11 is 0. The number of aliphatic hydroxyl groups is 3. The highest BCUT2D eigenvalue weighted by molar-refractivity contribution is 5.87. The van der Waals surface area contributed by atoms with E-state index < -0.39 is 79.1 Å². The van der Waals surface area contributed by atoms with E-state index in [0.29, 0.717) is 0 Å². The van der Waals surface area contributed by atoms with Crippen molar-refractivity contribution in [1.29, 1.82) is 0 Å². The van der Waals surface area contributed by atoms with Crippen molar-refractivity contribution in [2.45, 2.75) is 82.4 Å². The summed E-state index contributed by atoms with van der Waals surface area (Å²) in [5.41, 5.74) is 10.9. The third kappa shape index (κ3) is 8.14. The van der Waals surface area contributed by atoms with Crippen LogP contribution in [0, 0.1) is 0 Å². The minimum Gasteiger partial charge on any atom is -0.467 e. The predicted molar refractivity (Wildman–Crippen MR) is 116 cm³/mol. The van der Waals surface area contributed by atoms with Crippen molar-refractivity contribution in [2.75, 3.05) is 20.3 Å². The summed E-state index contributed by atoms with van der Waals surface area (Å²) in [6, 6.07) is -3.39. The van der Waals surface area contributed by atoms with Crippen LogP contribution >= 0.6 is 0 Å². The predicted octanol–water partition coefficient (Wildman–Crippen LogP) is -3.68. The van der Waals surface area contributed by atoms with Crippen LogP contribution in [0.25, 0.3) is 0 Å². The molecule has 1 saturated heterocycles. The van der Waals surface area contributed by atoms with Gasteiger partial charge in [-0.1, -0.05) is 0 Å². The first-order chi connectivity index (χ1) is 15.8. The molecule has 0 spiro atoms. The second kappa shape index (κ2) is 13.5. The van der Waals surface area contributed by atoms with Crippen LogP contribution < -0.4 is 16.8 Å². The maximum absolute atomic E-state index is 12.8. The maximum Gasteiger partial charge on any atom is 0.328 e. The first kappa shape index (κ1) is 29.7. The summed E-state index contributed by atoms with van der Waals surface area (Å²) in [4.78, 5) is 49.2. The first-order valence-corrected chi connectivity index (χ1v) is 10.8. The van der Waals surface area contributed by atoms with Gasteiger partial charge in [-0.25, -0.2) is 4.79 Å². The van der Waals surface area contributed by atoms with E-state index in [1.165, 1.54) is 20.8 Å². The molecule has 0 aromatic carbocycles. The van der Waals surface area contributed by atoms with Crippen molar-refractivity contribution >= 4 is 23.7 Å². The zero-order valence-corrected chi connectivity index (χ0v) is 19.7. The molecule has 8 N–H and O–H groups in total. The summed E-state index contributed by atoms with van der Waals surface area (Å²) in [6.07, 6.45) is -6.69. The van der Waals surface area contributed by atoms with E-state index in [4.69, 9.17) is 25.7 Å². The van der Waals surface area contributed by atoms with Crippen molar-refractivity contribution in [3.63, 3.8) is 0 Å². The number of esters is 1. The Morgan fingerprint density at radius 3 is 2.29 bits per heavy atom. The molecule has 0 bridgehead atoms. The smallest absolute Gasteiger partial charge is 0.328 e. The SMILES string of the molecule is COC(=O)[C@@H](CCC(N)=O)N(CC(C)O[C@H]1[C@H](O)[C@@H](CO)O[C@H](O)[C@@H]1NC(C)=O)C(=O)[C@H](C)N. The molecule has 0 saturated carbocycles. The number of rotatable bonds is 12. The second-order valence-electron chi connectivity index (χ2n) is 8.20. The number of aliphatic hydroxyl groups excluding tert-OH is 3. The molecule has 1 rings (SSSR count). The van der Waals surface area contributed by atoms with Crippen LogP contribution in [-0.2, 0) is 33.4 Å². The molecule has 0 aromatic rings. The van der Waals surface area contributed by atoms with Crippen LogP contribution in [0.2, 0.25) is 0 Å². The monoisotopic (exact) mass is 492 g/mol. The molecule has 1 heterocycles. The van der Waals surface area contributed by atoms with E-state index in [9.17, 15) is 34.5 Å². The first-order valence-electron chi connectivity index (χ1n) is 10.8. The molecule has 0 aliphatic carbocycles. The number of nitrogens with one attached hydrogen (secondary N) is 1. The van der Waals surface area contributed by atoms with Crippen LogP contribution in [0.4, 0.5) is 0 Å². The quantitative estimate of drug-likeness (QED) is 0.145. The van der Waals surface area contributed by atoms with E-state index in [-0.39, 0.29) is 19.4 Å². The number of hydrogen-bond donors (Lipinski definition) is 6. The molecule has 1 fully saturated rings. The molecular formula is C20H36N4O10. The highest BCUT2D eigenvalue weighted by Gasteiger charge is 2.46. The van der Waals surface area contributed by atoms with Gasteiger partial charge in [-0.15, -0.1) is 0 Å². The average molecular weight is 493 g/mol. The van der Waals surface area contributed by atoms with Gasteiger partial charge in [-0.2, -0.15) is 0 Å². The van der Waals surface area contributed by atoms with Gasteiger partial charge < -0.3 is 51.2 Å². The average Bonchev–Trinajstić information content (AvgIpc) is 2.76. The lowest BCUT2D eigenvalue weighted by atomic mass is 9.96. The third-order valence-electron chi connectivity index (χ3n) is 5.27. The number of nitrogens with zero attached hydrogens (tertiary/aromatic N) is 1. The summed E-state index contributed by atoms with van der Waals surface area (Å²) in [5, 5.41) is 32.7. The molecule has 14 nitrogen and oxygen atoms in total. The second-order valence-corrected chi connectivity index (χ2v) is 8.20. The Balaban J connectivity index is 3.18. The Kier molecular flexibility index (Phi) is 11.8. The molecule has 14 heteroatoms. The Hall–Kier alpha value is -2.36. The van der Waals surface area contributed by atoms with Crippen LogP contribution in [-0.4, -0.2) is 113 Å². The zero-order chi connectivity index (χ0) is 26.2. The largest absolute Gasteiger partial charge is 0.467 e. The third-order valence-corrected chi connectivity index (χ3v) is 5.27. The fourth-order valence-electron chi connectivity index (χ4n) is 3.67. The Morgan fingerprint density at radius 1 is 1.21 bits per heavy atom. The lowest BCUT2D eigenvalue weighted by Crippen LogP contribution is -2.65. The summed E-state index contributed by atoms with van der Waals surface area (Å²) in [6.45, 7) is 3.28. The lowest BCUT2D eigenvalue weighted by Gasteiger charge is -2.44. The van der Waals surface area contributed by atoms with Gasteiger partial charge in [0.05, 0.1) is 25.9 Å². The van der Waals surface area contributed by atoms with Gasteiger partial charge in [0.25, 0.3) is 0 Å². The van der Waals surface area contributed by atoms with Gasteiger partial charge in [-0.05, 0) is 20.3 Å². The lowest BCUT2D eigenvalue weighted by molar-refractivity contribution is -0.268. The molecule has 1 aliphatic heterocycles. The number of ether oxygens (including phenoxy) is 3. The van der Waals surface area contributed by atoms with Crippen molar-refractivity contribution in [3.8, 4) is 0 Å². The van der Waals surface area contributed by atoms with Crippen LogP contribution in [0.3, 0.4) is 0 Å². The molecule has 0 aromatic heterocycles. The van der Waals surface area contributed by atoms with Gasteiger partial charge in [0.1, 0.15) is 30.4 Å². The summed E-state index contributed by atoms with van der Waals surface area (Å²) in [5.74, 6) is -2.64. The standard InChI is InChI=1S/C20H36N4O10/c1-9(33-17-15(23-11(3)26)20(31)34-13(8-25)16(17)28)7-24(18(29)10(2)21)12(19(30)32-4)5-6-14(22)27/h9-10,12-13,15-17,20,25,28,31H,5-8,21H2,1-4H3,(H2,22,27)(H,23,26)/t9?,10-,12+,13+,15+,16+,17+,20-/m0/s1. The summed E-state index contributed by atoms with van der Waals surface area (Å²) < 4.78 is 15.8. The minimum absolute atomic E-state index is 0.118. The highest BCUT2D eigenvalue weighted by Crippen LogP contribution is 2.24. The maximum atomic E-state index is 12.8. The normalized spacial score (nSPS) is 27.2. The zero-order valence-electron chi connectivity index (χ0n) is 19.7. The van der Waals surface area contributed by atoms with Crippen molar-refractivity contribution < 1.29 is 48.7 Å². The number of amides is 3. The molecule has 0 radical (unpaired) electrons. The number of carbonyl (C=O) groups is 4. The Bertz CT molecular complexity index is 721. The topological polar surface area (TPSA) is 224 Å². The van der Waals surface area contributed by atoms with Crippen molar-refractivity contribution in [2.24, 2.45) is 11.5 Å². The number of carbonyl (C=O) groups excluding carboxylic acids is 4. The van der Waals surface area contributed by atoms with Gasteiger partial charge in [0, 0.05) is 19.9 Å². The Labute approximate surface area is 197 Å². The molecule has 3 amide bonds.